The molecule has 0 bridgehead atoms. The Morgan fingerprint density at radius 3 is 2.38 bits per heavy atom. The van der Waals surface area contributed by atoms with Crippen molar-refractivity contribution < 1.29 is 8.78 Å². The lowest BCUT2D eigenvalue weighted by Crippen LogP contribution is -2.44. The SMILES string of the molecule is NC(=NC1CC(c2cc(F)cc(F)c2)C1)N1CCSCC1. The number of nitrogens with zero attached hydrogens (tertiary/aromatic N) is 2. The Morgan fingerprint density at radius 2 is 1.76 bits per heavy atom. The zero-order valence-corrected chi connectivity index (χ0v) is 12.6. The molecular formula is C15H19F2N3S. The zero-order chi connectivity index (χ0) is 14.8. The van der Waals surface area contributed by atoms with Crippen LogP contribution in [-0.2, 0) is 0 Å². The summed E-state index contributed by atoms with van der Waals surface area (Å²) in [5.41, 5.74) is 6.77. The van der Waals surface area contributed by atoms with Crippen molar-refractivity contribution in [2.24, 2.45) is 10.7 Å². The van der Waals surface area contributed by atoms with Gasteiger partial charge in [-0.15, -0.1) is 0 Å². The van der Waals surface area contributed by atoms with Crippen LogP contribution in [0, 0.1) is 11.6 Å². The van der Waals surface area contributed by atoms with Gasteiger partial charge in [0.1, 0.15) is 11.6 Å². The van der Waals surface area contributed by atoms with E-state index >= 15 is 0 Å². The van der Waals surface area contributed by atoms with Crippen LogP contribution in [0.25, 0.3) is 0 Å². The van der Waals surface area contributed by atoms with Gasteiger partial charge in [-0.3, -0.25) is 0 Å². The van der Waals surface area contributed by atoms with E-state index < -0.39 is 11.6 Å². The molecule has 0 aromatic heterocycles. The Morgan fingerprint density at radius 1 is 1.14 bits per heavy atom. The molecule has 21 heavy (non-hydrogen) atoms. The summed E-state index contributed by atoms with van der Waals surface area (Å²) in [6.07, 6.45) is 1.62. The van der Waals surface area contributed by atoms with Crippen LogP contribution in [0.3, 0.4) is 0 Å². The van der Waals surface area contributed by atoms with Gasteiger partial charge in [0.2, 0.25) is 0 Å². The molecule has 0 spiro atoms. The molecule has 6 heteroatoms. The quantitative estimate of drug-likeness (QED) is 0.674. The molecule has 1 aromatic carbocycles. The van der Waals surface area contributed by atoms with E-state index in [2.05, 4.69) is 9.89 Å². The predicted octanol–water partition coefficient (Wildman–Crippen LogP) is 2.57. The highest BCUT2D eigenvalue weighted by Gasteiger charge is 2.31. The Kier molecular flexibility index (Phi) is 4.33. The summed E-state index contributed by atoms with van der Waals surface area (Å²) < 4.78 is 26.4. The largest absolute Gasteiger partial charge is 0.370 e. The Hall–Kier alpha value is -1.30. The fraction of sp³-hybridized carbons (Fsp3) is 0.533. The number of guanidine groups is 1. The topological polar surface area (TPSA) is 41.6 Å². The molecule has 0 atom stereocenters. The highest BCUT2D eigenvalue weighted by atomic mass is 32.2. The van der Waals surface area contributed by atoms with Crippen molar-refractivity contribution in [3.63, 3.8) is 0 Å². The van der Waals surface area contributed by atoms with E-state index in [1.165, 1.54) is 12.1 Å². The van der Waals surface area contributed by atoms with Gasteiger partial charge in [0.05, 0.1) is 6.04 Å². The number of thioether (sulfide) groups is 1. The van der Waals surface area contributed by atoms with Crippen LogP contribution in [0.2, 0.25) is 0 Å². The van der Waals surface area contributed by atoms with Crippen molar-refractivity contribution in [1.29, 1.82) is 0 Å². The summed E-state index contributed by atoms with van der Waals surface area (Å²) in [6.45, 7) is 1.90. The van der Waals surface area contributed by atoms with Crippen LogP contribution >= 0.6 is 11.8 Å². The number of halogens is 2. The molecule has 114 valence electrons. The highest BCUT2D eigenvalue weighted by molar-refractivity contribution is 7.99. The Bertz CT molecular complexity index is 517. The maximum atomic E-state index is 13.2. The smallest absolute Gasteiger partial charge is 0.191 e. The molecule has 2 aliphatic rings. The first-order chi connectivity index (χ1) is 10.1. The zero-order valence-electron chi connectivity index (χ0n) is 11.8. The third-order valence-corrected chi connectivity index (χ3v) is 5.06. The second-order valence-corrected chi connectivity index (χ2v) is 6.84. The number of hydrogen-bond acceptors (Lipinski definition) is 2. The van der Waals surface area contributed by atoms with Crippen LogP contribution < -0.4 is 5.73 Å². The molecule has 3 nitrogen and oxygen atoms in total. The van der Waals surface area contributed by atoms with E-state index in [0.717, 1.165) is 49.1 Å². The summed E-state index contributed by atoms with van der Waals surface area (Å²) in [6, 6.07) is 3.91. The van der Waals surface area contributed by atoms with Gasteiger partial charge in [-0.05, 0) is 36.5 Å². The normalized spacial score (nSPS) is 26.6. The average molecular weight is 311 g/mol. The Balaban J connectivity index is 1.57. The lowest BCUT2D eigenvalue weighted by Gasteiger charge is -2.35. The third-order valence-electron chi connectivity index (χ3n) is 4.12. The van der Waals surface area contributed by atoms with Gasteiger partial charge in [-0.25, -0.2) is 13.8 Å². The molecule has 0 amide bonds. The van der Waals surface area contributed by atoms with E-state index in [0.29, 0.717) is 5.96 Å². The summed E-state index contributed by atoms with van der Waals surface area (Å²) in [5, 5.41) is 0. The van der Waals surface area contributed by atoms with E-state index in [4.69, 9.17) is 5.73 Å². The van der Waals surface area contributed by atoms with Crippen molar-refractivity contribution in [3.05, 3.63) is 35.4 Å². The molecule has 1 saturated carbocycles. The fourth-order valence-electron chi connectivity index (χ4n) is 2.84. The summed E-state index contributed by atoms with van der Waals surface area (Å²) in [7, 11) is 0. The maximum absolute atomic E-state index is 13.2. The van der Waals surface area contributed by atoms with Crippen molar-refractivity contribution in [1.82, 2.24) is 4.90 Å². The summed E-state index contributed by atoms with van der Waals surface area (Å²) in [5.74, 6) is 1.96. The molecule has 1 heterocycles. The molecule has 0 unspecified atom stereocenters. The van der Waals surface area contributed by atoms with Gasteiger partial charge in [-0.2, -0.15) is 11.8 Å². The lowest BCUT2D eigenvalue weighted by atomic mass is 9.76. The third kappa shape index (κ3) is 3.48. The number of aliphatic imine (C=N–C) groups is 1. The molecule has 1 saturated heterocycles. The van der Waals surface area contributed by atoms with Crippen molar-refractivity contribution in [2.75, 3.05) is 24.6 Å². The number of benzene rings is 1. The first-order valence-electron chi connectivity index (χ1n) is 7.24. The van der Waals surface area contributed by atoms with Crippen LogP contribution in [0.5, 0.6) is 0 Å². The molecule has 1 aliphatic carbocycles. The minimum Gasteiger partial charge on any atom is -0.370 e. The van der Waals surface area contributed by atoms with E-state index in [1.54, 1.807) is 0 Å². The van der Waals surface area contributed by atoms with Gasteiger partial charge in [0, 0.05) is 30.7 Å². The standard InChI is InChI=1S/C15H19F2N3S/c16-12-5-10(6-13(17)9-12)11-7-14(8-11)19-15(18)20-1-3-21-4-2-20/h5-6,9,11,14H,1-4,7-8H2,(H2,18,19). The molecule has 1 aliphatic heterocycles. The van der Waals surface area contributed by atoms with Crippen LogP contribution in [0.15, 0.2) is 23.2 Å². The molecule has 0 radical (unpaired) electrons. The molecule has 1 aromatic rings. The first-order valence-corrected chi connectivity index (χ1v) is 8.39. The van der Waals surface area contributed by atoms with Crippen LogP contribution in [0.4, 0.5) is 8.78 Å². The first kappa shape index (κ1) is 14.6. The minimum absolute atomic E-state index is 0.177. The summed E-state index contributed by atoms with van der Waals surface area (Å²) in [4.78, 5) is 6.67. The van der Waals surface area contributed by atoms with E-state index in [9.17, 15) is 8.78 Å². The van der Waals surface area contributed by atoms with E-state index in [1.807, 2.05) is 11.8 Å². The van der Waals surface area contributed by atoms with Gasteiger partial charge in [0.15, 0.2) is 5.96 Å². The average Bonchev–Trinajstić information content (AvgIpc) is 2.42. The number of rotatable bonds is 2. The van der Waals surface area contributed by atoms with Gasteiger partial charge < -0.3 is 10.6 Å². The predicted molar refractivity (Wildman–Crippen MR) is 82.6 cm³/mol. The maximum Gasteiger partial charge on any atom is 0.191 e. The number of hydrogen-bond donors (Lipinski definition) is 1. The minimum atomic E-state index is -0.512. The lowest BCUT2D eigenvalue weighted by molar-refractivity contribution is 0.344. The Labute approximate surface area is 127 Å². The van der Waals surface area contributed by atoms with Crippen molar-refractivity contribution >= 4 is 17.7 Å². The fourth-order valence-corrected chi connectivity index (χ4v) is 3.74. The van der Waals surface area contributed by atoms with E-state index in [-0.39, 0.29) is 12.0 Å². The van der Waals surface area contributed by atoms with Crippen molar-refractivity contribution in [3.8, 4) is 0 Å². The van der Waals surface area contributed by atoms with Crippen LogP contribution in [0.1, 0.15) is 24.3 Å². The number of nitrogens with two attached hydrogens (primary N) is 1. The highest BCUT2D eigenvalue weighted by Crippen LogP contribution is 2.39. The van der Waals surface area contributed by atoms with Crippen molar-refractivity contribution in [2.45, 2.75) is 24.8 Å². The van der Waals surface area contributed by atoms with Gasteiger partial charge in [-0.1, -0.05) is 0 Å². The van der Waals surface area contributed by atoms with Gasteiger partial charge in [0.25, 0.3) is 0 Å². The second-order valence-electron chi connectivity index (χ2n) is 5.61. The monoisotopic (exact) mass is 311 g/mol. The second kappa shape index (κ2) is 6.22. The molecule has 2 fully saturated rings. The van der Waals surface area contributed by atoms with Gasteiger partial charge >= 0.3 is 0 Å². The molecular weight excluding hydrogens is 292 g/mol. The molecule has 2 N–H and O–H groups in total. The summed E-state index contributed by atoms with van der Waals surface area (Å²) >= 11 is 1.93. The molecule has 3 rings (SSSR count). The van der Waals surface area contributed by atoms with Crippen LogP contribution in [-0.4, -0.2) is 41.5 Å².